The zero-order valence-corrected chi connectivity index (χ0v) is 17.6. The van der Waals surface area contributed by atoms with Gasteiger partial charge in [0.25, 0.3) is 0 Å². The molecule has 0 spiro atoms. The zero-order chi connectivity index (χ0) is 21.9. The van der Waals surface area contributed by atoms with Gasteiger partial charge in [-0.3, -0.25) is 4.57 Å². The number of ether oxygens (including phenoxy) is 2. The summed E-state index contributed by atoms with van der Waals surface area (Å²) in [5, 5.41) is 6.36. The van der Waals surface area contributed by atoms with Crippen LogP contribution in [-0.2, 0) is 4.74 Å². The number of para-hydroxylation sites is 1. The minimum absolute atomic E-state index is 0.131. The van der Waals surface area contributed by atoms with Crippen molar-refractivity contribution in [3.8, 4) is 5.75 Å². The van der Waals surface area contributed by atoms with Crippen LogP contribution in [0.5, 0.6) is 5.75 Å². The van der Waals surface area contributed by atoms with Gasteiger partial charge in [-0.25, -0.2) is 14.4 Å². The van der Waals surface area contributed by atoms with Gasteiger partial charge in [0.1, 0.15) is 17.1 Å². The average Bonchev–Trinajstić information content (AvgIpc) is 3.19. The Balaban J connectivity index is 1.53. The summed E-state index contributed by atoms with van der Waals surface area (Å²) in [5.41, 5.74) is 2.52. The van der Waals surface area contributed by atoms with Gasteiger partial charge in [-0.2, -0.15) is 4.98 Å². The van der Waals surface area contributed by atoms with Crippen molar-refractivity contribution in [2.45, 2.75) is 18.9 Å². The van der Waals surface area contributed by atoms with Crippen LogP contribution in [0.15, 0.2) is 54.7 Å². The maximum atomic E-state index is 14.3. The average molecular weight is 434 g/mol. The summed E-state index contributed by atoms with van der Waals surface area (Å²) in [6.45, 7) is 1.32. The van der Waals surface area contributed by atoms with Gasteiger partial charge >= 0.3 is 0 Å². The number of nitrogens with zero attached hydrogens (tertiary/aromatic N) is 4. The van der Waals surface area contributed by atoms with E-state index in [4.69, 9.17) is 14.5 Å². The molecule has 2 N–H and O–H groups in total. The van der Waals surface area contributed by atoms with Crippen molar-refractivity contribution in [3.63, 3.8) is 0 Å². The van der Waals surface area contributed by atoms with Crippen molar-refractivity contribution in [1.29, 1.82) is 0 Å². The minimum atomic E-state index is -0.342. The lowest BCUT2D eigenvalue weighted by atomic mass is 10.1. The normalized spacial score (nSPS) is 14.4. The maximum Gasteiger partial charge on any atom is 0.229 e. The first kappa shape index (κ1) is 20.2. The van der Waals surface area contributed by atoms with E-state index in [9.17, 15) is 4.39 Å². The SMILES string of the molecule is COc1ccc(Nc2ncc3nc(Nc4ccccc4F)n(C4CCOCC4)c3n2)cc1. The summed E-state index contributed by atoms with van der Waals surface area (Å²) in [5.74, 6) is 1.42. The molecule has 1 saturated heterocycles. The van der Waals surface area contributed by atoms with Gasteiger partial charge in [0.05, 0.1) is 19.0 Å². The number of fused-ring (bicyclic) bond motifs is 1. The van der Waals surface area contributed by atoms with Gasteiger partial charge < -0.3 is 20.1 Å². The highest BCUT2D eigenvalue weighted by atomic mass is 19.1. The molecule has 164 valence electrons. The minimum Gasteiger partial charge on any atom is -0.497 e. The predicted octanol–water partition coefficient (Wildman–Crippen LogP) is 4.81. The van der Waals surface area contributed by atoms with E-state index in [0.29, 0.717) is 42.0 Å². The first-order chi connectivity index (χ1) is 15.7. The molecule has 3 heterocycles. The smallest absolute Gasteiger partial charge is 0.229 e. The highest BCUT2D eigenvalue weighted by molar-refractivity contribution is 5.77. The van der Waals surface area contributed by atoms with E-state index in [1.807, 2.05) is 28.8 Å². The van der Waals surface area contributed by atoms with Gasteiger partial charge in [-0.15, -0.1) is 0 Å². The molecule has 9 heteroatoms. The molecule has 0 atom stereocenters. The molecule has 8 nitrogen and oxygen atoms in total. The lowest BCUT2D eigenvalue weighted by molar-refractivity contribution is 0.0710. The summed E-state index contributed by atoms with van der Waals surface area (Å²) in [6.07, 6.45) is 3.32. The Kier molecular flexibility index (Phi) is 5.55. The van der Waals surface area contributed by atoms with Crippen LogP contribution in [0.3, 0.4) is 0 Å². The summed E-state index contributed by atoms with van der Waals surface area (Å²) >= 11 is 0. The Morgan fingerprint density at radius 1 is 1.03 bits per heavy atom. The van der Waals surface area contributed by atoms with Crippen LogP contribution in [0.25, 0.3) is 11.2 Å². The van der Waals surface area contributed by atoms with Crippen LogP contribution in [0.4, 0.5) is 27.7 Å². The van der Waals surface area contributed by atoms with Crippen LogP contribution < -0.4 is 15.4 Å². The Morgan fingerprint density at radius 3 is 2.56 bits per heavy atom. The number of methoxy groups -OCH3 is 1. The van der Waals surface area contributed by atoms with Gasteiger partial charge in [0.2, 0.25) is 11.9 Å². The van der Waals surface area contributed by atoms with Crippen molar-refractivity contribution < 1.29 is 13.9 Å². The predicted molar refractivity (Wildman–Crippen MR) is 120 cm³/mol. The Hall–Kier alpha value is -3.72. The zero-order valence-electron chi connectivity index (χ0n) is 17.6. The molecule has 0 aliphatic carbocycles. The maximum absolute atomic E-state index is 14.3. The fraction of sp³-hybridized carbons (Fsp3) is 0.261. The monoisotopic (exact) mass is 434 g/mol. The number of aromatic nitrogens is 4. The molecule has 1 aliphatic heterocycles. The van der Waals surface area contributed by atoms with E-state index >= 15 is 0 Å². The number of hydrogen-bond acceptors (Lipinski definition) is 7. The quantitative estimate of drug-likeness (QED) is 0.450. The highest BCUT2D eigenvalue weighted by Crippen LogP contribution is 2.32. The van der Waals surface area contributed by atoms with Crippen LogP contribution >= 0.6 is 0 Å². The first-order valence-corrected chi connectivity index (χ1v) is 10.5. The molecule has 1 fully saturated rings. The van der Waals surface area contributed by atoms with Crippen molar-refractivity contribution in [2.75, 3.05) is 31.0 Å². The van der Waals surface area contributed by atoms with Crippen LogP contribution in [0.2, 0.25) is 0 Å². The highest BCUT2D eigenvalue weighted by Gasteiger charge is 2.24. The third-order valence-electron chi connectivity index (χ3n) is 5.46. The van der Waals surface area contributed by atoms with Crippen LogP contribution in [0.1, 0.15) is 18.9 Å². The molecule has 0 unspecified atom stereocenters. The molecule has 32 heavy (non-hydrogen) atoms. The molecule has 2 aromatic heterocycles. The standard InChI is InChI=1S/C23H23FN6O2/c1-31-17-8-6-15(7-9-17)26-22-25-14-20-21(29-22)30(16-10-12-32-13-11-16)23(28-20)27-19-5-3-2-4-18(19)24/h2-9,14,16H,10-13H2,1H3,(H,27,28)(H,25,26,29). The second-order valence-electron chi connectivity index (χ2n) is 7.51. The van der Waals surface area contributed by atoms with E-state index in [-0.39, 0.29) is 11.9 Å². The lowest BCUT2D eigenvalue weighted by Crippen LogP contribution is -2.21. The molecular formula is C23H23FN6O2. The molecule has 4 aromatic rings. The van der Waals surface area contributed by atoms with E-state index < -0.39 is 0 Å². The fourth-order valence-electron chi connectivity index (χ4n) is 3.81. The van der Waals surface area contributed by atoms with Crippen molar-refractivity contribution in [2.24, 2.45) is 0 Å². The molecule has 1 aliphatic rings. The summed E-state index contributed by atoms with van der Waals surface area (Å²) in [6, 6.07) is 14.2. The van der Waals surface area contributed by atoms with E-state index in [1.54, 1.807) is 31.5 Å². The number of rotatable bonds is 6. The number of halogens is 1. The number of anilines is 4. The Labute approximate surface area is 184 Å². The molecule has 2 aromatic carbocycles. The van der Waals surface area contributed by atoms with Gasteiger partial charge in [-0.05, 0) is 49.2 Å². The van der Waals surface area contributed by atoms with E-state index in [1.165, 1.54) is 6.07 Å². The number of nitrogens with one attached hydrogen (secondary N) is 2. The van der Waals surface area contributed by atoms with E-state index in [2.05, 4.69) is 20.6 Å². The van der Waals surface area contributed by atoms with Crippen molar-refractivity contribution >= 4 is 34.4 Å². The number of imidazole rings is 1. The summed E-state index contributed by atoms with van der Waals surface area (Å²) < 4.78 is 27.1. The Bertz CT molecular complexity index is 1220. The lowest BCUT2D eigenvalue weighted by Gasteiger charge is -2.25. The van der Waals surface area contributed by atoms with Gasteiger partial charge in [0, 0.05) is 24.9 Å². The third kappa shape index (κ3) is 4.06. The topological polar surface area (TPSA) is 86.1 Å². The molecule has 0 amide bonds. The number of hydrogen-bond donors (Lipinski definition) is 2. The van der Waals surface area contributed by atoms with Crippen LogP contribution in [-0.4, -0.2) is 39.8 Å². The van der Waals surface area contributed by atoms with Gasteiger partial charge in [0.15, 0.2) is 5.65 Å². The van der Waals surface area contributed by atoms with Gasteiger partial charge in [-0.1, -0.05) is 12.1 Å². The molecule has 5 rings (SSSR count). The second kappa shape index (κ2) is 8.80. The molecule has 0 saturated carbocycles. The largest absolute Gasteiger partial charge is 0.497 e. The van der Waals surface area contributed by atoms with E-state index in [0.717, 1.165) is 24.3 Å². The summed E-state index contributed by atoms with van der Waals surface area (Å²) in [7, 11) is 1.63. The molecule has 0 bridgehead atoms. The molecular weight excluding hydrogens is 411 g/mol. The Morgan fingerprint density at radius 2 is 1.81 bits per heavy atom. The summed E-state index contributed by atoms with van der Waals surface area (Å²) in [4.78, 5) is 13.8. The van der Waals surface area contributed by atoms with Crippen molar-refractivity contribution in [3.05, 3.63) is 60.5 Å². The third-order valence-corrected chi connectivity index (χ3v) is 5.46. The number of benzene rings is 2. The van der Waals surface area contributed by atoms with Crippen LogP contribution in [0, 0.1) is 5.82 Å². The first-order valence-electron chi connectivity index (χ1n) is 10.5. The second-order valence-corrected chi connectivity index (χ2v) is 7.51. The fourth-order valence-corrected chi connectivity index (χ4v) is 3.81. The van der Waals surface area contributed by atoms with Crippen molar-refractivity contribution in [1.82, 2.24) is 19.5 Å². The molecule has 0 radical (unpaired) electrons.